The Morgan fingerprint density at radius 3 is 2.48 bits per heavy atom. The van der Waals surface area contributed by atoms with Crippen LogP contribution in [0.15, 0.2) is 18.2 Å². The number of hydrogen-bond acceptors (Lipinski definition) is 3. The molecule has 130 valence electrons. The van der Waals surface area contributed by atoms with Crippen molar-refractivity contribution >= 4 is 39.1 Å². The lowest BCUT2D eigenvalue weighted by molar-refractivity contribution is -0.122. The predicted octanol–water partition coefficient (Wildman–Crippen LogP) is 3.06. The second kappa shape index (κ2) is 8.87. The topological polar surface area (TPSA) is 66.5 Å². The number of rotatable bonds is 8. The molecule has 0 aliphatic carbocycles. The highest BCUT2D eigenvalue weighted by Gasteiger charge is 2.21. The third-order valence-corrected chi connectivity index (χ3v) is 5.20. The Labute approximate surface area is 148 Å². The maximum absolute atomic E-state index is 12.0. The molecule has 0 heterocycles. The van der Waals surface area contributed by atoms with Gasteiger partial charge in [-0.1, -0.05) is 42.6 Å². The predicted molar refractivity (Wildman–Crippen MR) is 94.2 cm³/mol. The van der Waals surface area contributed by atoms with Gasteiger partial charge in [0.2, 0.25) is 15.9 Å². The van der Waals surface area contributed by atoms with E-state index in [1.807, 2.05) is 13.8 Å². The molecule has 0 aromatic heterocycles. The second-order valence-corrected chi connectivity index (χ2v) is 8.33. The smallest absolute Gasteiger partial charge is 0.235 e. The Morgan fingerprint density at radius 2 is 1.96 bits per heavy atom. The van der Waals surface area contributed by atoms with Crippen molar-refractivity contribution in [2.45, 2.75) is 39.3 Å². The summed E-state index contributed by atoms with van der Waals surface area (Å²) in [7, 11) is -3.53. The normalized spacial score (nSPS) is 13.1. The van der Waals surface area contributed by atoms with E-state index in [1.54, 1.807) is 18.2 Å². The minimum atomic E-state index is -3.53. The average molecular weight is 381 g/mol. The molecule has 1 atom stereocenters. The Bertz CT molecular complexity index is 650. The molecule has 1 aromatic carbocycles. The zero-order chi connectivity index (χ0) is 17.6. The van der Waals surface area contributed by atoms with Gasteiger partial charge in [0, 0.05) is 12.6 Å². The Balaban J connectivity index is 2.81. The minimum Gasteiger partial charge on any atom is -0.353 e. The minimum absolute atomic E-state index is 0.0129. The van der Waals surface area contributed by atoms with E-state index in [-0.39, 0.29) is 25.0 Å². The van der Waals surface area contributed by atoms with E-state index in [0.717, 1.165) is 23.4 Å². The molecule has 0 fully saturated rings. The number of halogens is 2. The number of nitrogens with one attached hydrogen (secondary N) is 1. The highest BCUT2D eigenvalue weighted by Crippen LogP contribution is 2.23. The van der Waals surface area contributed by atoms with Crippen LogP contribution >= 0.6 is 23.2 Å². The van der Waals surface area contributed by atoms with Crippen molar-refractivity contribution in [2.24, 2.45) is 0 Å². The van der Waals surface area contributed by atoms with Crippen LogP contribution in [0, 0.1) is 0 Å². The molecule has 0 spiro atoms. The molecule has 23 heavy (non-hydrogen) atoms. The highest BCUT2D eigenvalue weighted by molar-refractivity contribution is 7.88. The number of carbonyl (C=O) groups is 1. The van der Waals surface area contributed by atoms with E-state index < -0.39 is 10.0 Å². The first-order chi connectivity index (χ1) is 10.6. The third kappa shape index (κ3) is 7.08. The molecule has 8 heteroatoms. The van der Waals surface area contributed by atoms with Crippen molar-refractivity contribution in [1.82, 2.24) is 9.62 Å². The maximum Gasteiger partial charge on any atom is 0.235 e. The zero-order valence-electron chi connectivity index (χ0n) is 13.5. The third-order valence-electron chi connectivity index (χ3n) is 3.26. The van der Waals surface area contributed by atoms with Crippen LogP contribution in [0.3, 0.4) is 0 Å². The molecular weight excluding hydrogens is 359 g/mol. The van der Waals surface area contributed by atoms with Crippen LogP contribution in [0.2, 0.25) is 10.0 Å². The van der Waals surface area contributed by atoms with E-state index in [1.165, 1.54) is 0 Å². The first kappa shape index (κ1) is 20.2. The van der Waals surface area contributed by atoms with E-state index in [4.69, 9.17) is 23.2 Å². The standard InChI is InChI=1S/C15H22Cl2N2O3S/c1-4-5-11(2)18-15(20)10-19(23(3,21)22)9-12-6-7-13(16)14(17)8-12/h6-8,11H,4-5,9-10H2,1-3H3,(H,18,20)/t11-/m1/s1. The molecule has 0 aliphatic rings. The van der Waals surface area contributed by atoms with Crippen molar-refractivity contribution in [2.75, 3.05) is 12.8 Å². The first-order valence-electron chi connectivity index (χ1n) is 7.32. The quantitative estimate of drug-likeness (QED) is 0.753. The van der Waals surface area contributed by atoms with Crippen LogP contribution in [0.5, 0.6) is 0 Å². The Kier molecular flexibility index (Phi) is 7.80. The lowest BCUT2D eigenvalue weighted by atomic mass is 10.2. The van der Waals surface area contributed by atoms with Gasteiger partial charge in [0.1, 0.15) is 0 Å². The molecule has 0 saturated carbocycles. The zero-order valence-corrected chi connectivity index (χ0v) is 15.8. The van der Waals surface area contributed by atoms with Crippen LogP contribution in [-0.2, 0) is 21.4 Å². The summed E-state index contributed by atoms with van der Waals surface area (Å²) in [5, 5.41) is 3.54. The summed E-state index contributed by atoms with van der Waals surface area (Å²) in [6, 6.07) is 4.89. The number of sulfonamides is 1. The van der Waals surface area contributed by atoms with Gasteiger partial charge in [-0.2, -0.15) is 4.31 Å². The van der Waals surface area contributed by atoms with Crippen molar-refractivity contribution in [3.05, 3.63) is 33.8 Å². The van der Waals surface area contributed by atoms with Crippen molar-refractivity contribution in [3.8, 4) is 0 Å². The molecule has 0 saturated heterocycles. The lowest BCUT2D eigenvalue weighted by Crippen LogP contribution is -2.42. The molecule has 1 N–H and O–H groups in total. The largest absolute Gasteiger partial charge is 0.353 e. The van der Waals surface area contributed by atoms with Crippen LogP contribution in [0.25, 0.3) is 0 Å². The summed E-state index contributed by atoms with van der Waals surface area (Å²) >= 11 is 11.8. The van der Waals surface area contributed by atoms with Gasteiger partial charge in [0.05, 0.1) is 22.8 Å². The monoisotopic (exact) mass is 380 g/mol. The fourth-order valence-electron chi connectivity index (χ4n) is 2.12. The lowest BCUT2D eigenvalue weighted by Gasteiger charge is -2.21. The van der Waals surface area contributed by atoms with Gasteiger partial charge in [0.25, 0.3) is 0 Å². The number of carbonyl (C=O) groups excluding carboxylic acids is 1. The fraction of sp³-hybridized carbons (Fsp3) is 0.533. The molecule has 0 aliphatic heterocycles. The summed E-state index contributed by atoms with van der Waals surface area (Å²) < 4.78 is 25.0. The van der Waals surface area contributed by atoms with E-state index in [0.29, 0.717) is 15.6 Å². The summed E-state index contributed by atoms with van der Waals surface area (Å²) in [5.41, 5.74) is 0.666. The molecule has 1 amide bonds. The van der Waals surface area contributed by atoms with E-state index in [2.05, 4.69) is 5.32 Å². The van der Waals surface area contributed by atoms with Crippen molar-refractivity contribution in [1.29, 1.82) is 0 Å². The number of hydrogen-bond donors (Lipinski definition) is 1. The number of nitrogens with zero attached hydrogens (tertiary/aromatic N) is 1. The van der Waals surface area contributed by atoms with Gasteiger partial charge >= 0.3 is 0 Å². The SMILES string of the molecule is CCC[C@@H](C)NC(=O)CN(Cc1ccc(Cl)c(Cl)c1)S(C)(=O)=O. The number of amides is 1. The van der Waals surface area contributed by atoms with Crippen molar-refractivity contribution < 1.29 is 13.2 Å². The molecule has 0 radical (unpaired) electrons. The molecule has 0 unspecified atom stereocenters. The van der Waals surface area contributed by atoms with Gasteiger partial charge in [0.15, 0.2) is 0 Å². The van der Waals surface area contributed by atoms with Crippen LogP contribution < -0.4 is 5.32 Å². The molecule has 5 nitrogen and oxygen atoms in total. The van der Waals surface area contributed by atoms with Crippen LogP contribution in [-0.4, -0.2) is 37.5 Å². The summed E-state index contributed by atoms with van der Waals surface area (Å²) in [6.45, 7) is 3.75. The molecule has 1 rings (SSSR count). The van der Waals surface area contributed by atoms with Gasteiger partial charge in [-0.15, -0.1) is 0 Å². The summed E-state index contributed by atoms with van der Waals surface area (Å²) in [4.78, 5) is 12.0. The van der Waals surface area contributed by atoms with E-state index in [9.17, 15) is 13.2 Å². The summed E-state index contributed by atoms with van der Waals surface area (Å²) in [6.07, 6.45) is 2.87. The van der Waals surface area contributed by atoms with Crippen molar-refractivity contribution in [3.63, 3.8) is 0 Å². The Morgan fingerprint density at radius 1 is 1.30 bits per heavy atom. The molecule has 0 bridgehead atoms. The average Bonchev–Trinajstić information content (AvgIpc) is 2.41. The summed E-state index contributed by atoms with van der Waals surface area (Å²) in [5.74, 6) is -0.323. The van der Waals surface area contributed by atoms with Gasteiger partial charge in [-0.05, 0) is 31.0 Å². The van der Waals surface area contributed by atoms with E-state index >= 15 is 0 Å². The molecular formula is C15H22Cl2N2O3S. The maximum atomic E-state index is 12.0. The first-order valence-corrected chi connectivity index (χ1v) is 9.92. The van der Waals surface area contributed by atoms with Gasteiger partial charge < -0.3 is 5.32 Å². The number of benzene rings is 1. The van der Waals surface area contributed by atoms with Crippen LogP contribution in [0.4, 0.5) is 0 Å². The van der Waals surface area contributed by atoms with Gasteiger partial charge in [-0.25, -0.2) is 8.42 Å². The fourth-order valence-corrected chi connectivity index (χ4v) is 3.17. The van der Waals surface area contributed by atoms with Gasteiger partial charge in [-0.3, -0.25) is 4.79 Å². The Hall–Kier alpha value is -0.820. The highest BCUT2D eigenvalue weighted by atomic mass is 35.5. The second-order valence-electron chi connectivity index (χ2n) is 5.54. The van der Waals surface area contributed by atoms with Crippen LogP contribution in [0.1, 0.15) is 32.3 Å². The molecule has 1 aromatic rings.